The van der Waals surface area contributed by atoms with E-state index in [4.69, 9.17) is 9.47 Å². The molecule has 0 aromatic rings. The van der Waals surface area contributed by atoms with Gasteiger partial charge in [-0.25, -0.2) is 0 Å². The van der Waals surface area contributed by atoms with Crippen molar-refractivity contribution in [1.29, 1.82) is 0 Å². The minimum atomic E-state index is -0.452. The van der Waals surface area contributed by atoms with Crippen molar-refractivity contribution in [1.82, 2.24) is 0 Å². The average molecular weight is 473 g/mol. The van der Waals surface area contributed by atoms with Gasteiger partial charge in [0.1, 0.15) is 0 Å². The molecule has 1 aliphatic heterocycles. The Morgan fingerprint density at radius 3 is 2.56 bits per heavy atom. The molecule has 194 valence electrons. The molecular formula is C31H52O3. The lowest BCUT2D eigenvalue weighted by Crippen LogP contribution is -2.54. The van der Waals surface area contributed by atoms with Gasteiger partial charge in [-0.2, -0.15) is 0 Å². The SMILES string of the molecule is CC(C)CCC[C@@H](C)[C@H]1CC[C@H]2C3=C(CC[C@]12C)[C@@]1(C)CC[C@@]2(OCCO)C[C@]1(CC3)[C@H](C)O2. The van der Waals surface area contributed by atoms with E-state index in [0.29, 0.717) is 12.0 Å². The van der Waals surface area contributed by atoms with Crippen molar-refractivity contribution in [3.8, 4) is 0 Å². The van der Waals surface area contributed by atoms with Gasteiger partial charge in [0.2, 0.25) is 0 Å². The highest BCUT2D eigenvalue weighted by Gasteiger charge is 2.69. The highest BCUT2D eigenvalue weighted by Crippen LogP contribution is 2.73. The summed E-state index contributed by atoms with van der Waals surface area (Å²) in [7, 11) is 0. The molecule has 5 rings (SSSR count). The number of fused-ring (bicyclic) bond motifs is 4. The monoisotopic (exact) mass is 472 g/mol. The van der Waals surface area contributed by atoms with Gasteiger partial charge in [0, 0.05) is 18.3 Å². The highest BCUT2D eigenvalue weighted by molar-refractivity contribution is 5.38. The topological polar surface area (TPSA) is 38.7 Å². The van der Waals surface area contributed by atoms with Gasteiger partial charge in [0.05, 0.1) is 19.3 Å². The zero-order chi connectivity index (χ0) is 24.4. The van der Waals surface area contributed by atoms with Crippen LogP contribution in [0.1, 0.15) is 119 Å². The molecule has 0 amide bonds. The summed E-state index contributed by atoms with van der Waals surface area (Å²) in [5, 5.41) is 9.38. The van der Waals surface area contributed by atoms with Crippen molar-refractivity contribution in [2.45, 2.75) is 130 Å². The van der Waals surface area contributed by atoms with Gasteiger partial charge in [0.25, 0.3) is 0 Å². The Bertz CT molecular complexity index is 802. The molecule has 4 aliphatic carbocycles. The Kier molecular flexibility index (Phi) is 6.60. The molecule has 3 fully saturated rings. The third-order valence-corrected chi connectivity index (χ3v) is 12.1. The summed E-state index contributed by atoms with van der Waals surface area (Å²) in [6.07, 6.45) is 15.7. The van der Waals surface area contributed by atoms with Crippen molar-refractivity contribution < 1.29 is 14.6 Å². The second-order valence-corrected chi connectivity index (χ2v) is 14.0. The number of aliphatic hydroxyl groups excluding tert-OH is 1. The third kappa shape index (κ3) is 3.61. The third-order valence-electron chi connectivity index (χ3n) is 12.1. The van der Waals surface area contributed by atoms with Gasteiger partial charge < -0.3 is 14.6 Å². The Morgan fingerprint density at radius 2 is 1.82 bits per heavy atom. The molecule has 1 spiro atoms. The fraction of sp³-hybridized carbons (Fsp3) is 0.935. The number of hydrogen-bond acceptors (Lipinski definition) is 3. The number of aliphatic hydroxyl groups is 1. The molecular weight excluding hydrogens is 420 g/mol. The summed E-state index contributed by atoms with van der Waals surface area (Å²) in [6.45, 7) is 15.4. The van der Waals surface area contributed by atoms with E-state index < -0.39 is 5.79 Å². The molecule has 1 heterocycles. The standard InChI is InChI=1S/C31H52O3/c1-21(2)8-7-9-22(3)25-10-11-26-24-12-15-30-20-31(33-19-18-32,34-23(30)4)17-16-29(30,6)27(24)13-14-28(25,26)5/h21-23,25-26,32H,7-20H2,1-6H3/t22-,23+,25-,26+,28-,29-,30-,31+/m1/s1. The lowest BCUT2D eigenvalue weighted by molar-refractivity contribution is -0.233. The summed E-state index contributed by atoms with van der Waals surface area (Å²) in [5.74, 6) is 2.97. The Balaban J connectivity index is 1.39. The second kappa shape index (κ2) is 8.88. The van der Waals surface area contributed by atoms with E-state index in [0.717, 1.165) is 36.5 Å². The summed E-state index contributed by atoms with van der Waals surface area (Å²) < 4.78 is 12.8. The van der Waals surface area contributed by atoms with Crippen molar-refractivity contribution >= 4 is 0 Å². The molecule has 2 bridgehead atoms. The zero-order valence-electron chi connectivity index (χ0n) is 23.0. The van der Waals surface area contributed by atoms with Crippen LogP contribution in [0.2, 0.25) is 0 Å². The van der Waals surface area contributed by atoms with Crippen LogP contribution in [0.25, 0.3) is 0 Å². The van der Waals surface area contributed by atoms with Crippen LogP contribution in [0.4, 0.5) is 0 Å². The maximum absolute atomic E-state index is 9.38. The minimum absolute atomic E-state index is 0.0797. The first kappa shape index (κ1) is 25.3. The molecule has 0 aromatic carbocycles. The van der Waals surface area contributed by atoms with Crippen LogP contribution >= 0.6 is 0 Å². The molecule has 5 aliphatic rings. The van der Waals surface area contributed by atoms with E-state index in [9.17, 15) is 5.11 Å². The molecule has 3 nitrogen and oxygen atoms in total. The molecule has 0 aromatic heterocycles. The molecule has 0 radical (unpaired) electrons. The van der Waals surface area contributed by atoms with Crippen LogP contribution in [0, 0.1) is 39.9 Å². The lowest BCUT2D eigenvalue weighted by atomic mass is 9.44. The van der Waals surface area contributed by atoms with Crippen LogP contribution < -0.4 is 0 Å². The van der Waals surface area contributed by atoms with Crippen molar-refractivity contribution in [3.05, 3.63) is 11.1 Å². The molecule has 2 saturated carbocycles. The van der Waals surface area contributed by atoms with Crippen molar-refractivity contribution in [2.24, 2.45) is 39.9 Å². The fourth-order valence-electron chi connectivity index (χ4n) is 10.2. The smallest absolute Gasteiger partial charge is 0.169 e. The number of allylic oxidation sites excluding steroid dienone is 2. The summed E-state index contributed by atoms with van der Waals surface area (Å²) in [6, 6.07) is 0. The molecule has 1 saturated heterocycles. The van der Waals surface area contributed by atoms with Crippen molar-refractivity contribution in [3.63, 3.8) is 0 Å². The molecule has 3 heteroatoms. The first-order valence-corrected chi connectivity index (χ1v) is 14.8. The van der Waals surface area contributed by atoms with E-state index in [1.165, 1.54) is 64.2 Å². The maximum atomic E-state index is 9.38. The normalized spacial score (nSPS) is 46.4. The minimum Gasteiger partial charge on any atom is -0.394 e. The van der Waals surface area contributed by atoms with E-state index in [1.54, 1.807) is 0 Å². The van der Waals surface area contributed by atoms with Crippen LogP contribution in [0.3, 0.4) is 0 Å². The van der Waals surface area contributed by atoms with E-state index in [2.05, 4.69) is 41.5 Å². The van der Waals surface area contributed by atoms with Gasteiger partial charge in [-0.05, 0) is 86.4 Å². The summed E-state index contributed by atoms with van der Waals surface area (Å²) >= 11 is 0. The predicted octanol–water partition coefficient (Wildman–Crippen LogP) is 7.67. The van der Waals surface area contributed by atoms with E-state index in [-0.39, 0.29) is 23.5 Å². The van der Waals surface area contributed by atoms with Crippen LogP contribution in [-0.2, 0) is 9.47 Å². The van der Waals surface area contributed by atoms with Crippen LogP contribution in [0.15, 0.2) is 11.1 Å². The second-order valence-electron chi connectivity index (χ2n) is 14.0. The maximum Gasteiger partial charge on any atom is 0.169 e. The first-order chi connectivity index (χ1) is 16.1. The highest BCUT2D eigenvalue weighted by atomic mass is 16.7. The first-order valence-electron chi connectivity index (χ1n) is 14.8. The van der Waals surface area contributed by atoms with Gasteiger partial charge in [-0.15, -0.1) is 0 Å². The van der Waals surface area contributed by atoms with Gasteiger partial charge in [-0.3, -0.25) is 0 Å². The number of hydrogen-bond donors (Lipinski definition) is 1. The van der Waals surface area contributed by atoms with Crippen molar-refractivity contribution in [2.75, 3.05) is 13.2 Å². The Labute approximate surface area is 209 Å². The molecule has 34 heavy (non-hydrogen) atoms. The number of rotatable bonds is 8. The van der Waals surface area contributed by atoms with Gasteiger partial charge in [-0.1, -0.05) is 65.0 Å². The fourth-order valence-corrected chi connectivity index (χ4v) is 10.2. The summed E-state index contributed by atoms with van der Waals surface area (Å²) in [5.41, 5.74) is 4.71. The van der Waals surface area contributed by atoms with Crippen LogP contribution in [0.5, 0.6) is 0 Å². The molecule has 0 unspecified atom stereocenters. The number of ether oxygens (including phenoxy) is 2. The van der Waals surface area contributed by atoms with E-state index in [1.807, 2.05) is 11.1 Å². The Morgan fingerprint density at radius 1 is 1.03 bits per heavy atom. The van der Waals surface area contributed by atoms with Crippen LogP contribution in [-0.4, -0.2) is 30.2 Å². The summed E-state index contributed by atoms with van der Waals surface area (Å²) in [4.78, 5) is 0. The Hall–Kier alpha value is -0.380. The van der Waals surface area contributed by atoms with Gasteiger partial charge >= 0.3 is 0 Å². The largest absolute Gasteiger partial charge is 0.394 e. The predicted molar refractivity (Wildman–Crippen MR) is 138 cm³/mol. The molecule has 8 atom stereocenters. The molecule has 1 N–H and O–H groups in total. The quantitative estimate of drug-likeness (QED) is 0.368. The average Bonchev–Trinajstić information content (AvgIpc) is 3.26. The zero-order valence-corrected chi connectivity index (χ0v) is 23.0. The van der Waals surface area contributed by atoms with E-state index >= 15 is 0 Å². The van der Waals surface area contributed by atoms with Gasteiger partial charge in [0.15, 0.2) is 5.79 Å². The lowest BCUT2D eigenvalue weighted by Gasteiger charge is -2.60.